The number of hydrogen-bond acceptors (Lipinski definition) is 1. The molecule has 0 aliphatic carbocycles. The number of ketones is 1. The van der Waals surface area contributed by atoms with E-state index in [1.807, 2.05) is 285 Å². The van der Waals surface area contributed by atoms with E-state index >= 15 is 0 Å². The van der Waals surface area contributed by atoms with Crippen molar-refractivity contribution in [2.45, 2.75) is 13.3 Å². The van der Waals surface area contributed by atoms with Crippen LogP contribution in [-0.4, -0.2) is 5.78 Å². The lowest BCUT2D eigenvalue weighted by Gasteiger charge is -1.93. The molecule has 0 amide bonds. The van der Waals surface area contributed by atoms with Gasteiger partial charge in [0.05, 0.1) is 0 Å². The first-order chi connectivity index (χ1) is 25.8. The summed E-state index contributed by atoms with van der Waals surface area (Å²) in [6, 6.07) is 93.8. The second kappa shape index (κ2) is 37.3. The van der Waals surface area contributed by atoms with Gasteiger partial charge in [0.1, 0.15) is 5.78 Å². The van der Waals surface area contributed by atoms with Gasteiger partial charge in [0.15, 0.2) is 0 Å². The zero-order chi connectivity index (χ0) is 37.1. The van der Waals surface area contributed by atoms with Gasteiger partial charge in [-0.2, -0.15) is 0 Å². The summed E-state index contributed by atoms with van der Waals surface area (Å²) < 4.78 is 0. The molecule has 1 nitrogen and oxygen atoms in total. The summed E-state index contributed by atoms with van der Waals surface area (Å²) in [5.41, 5.74) is 1.09. The maximum Gasteiger partial charge on any atom is 0.134 e. The summed E-state index contributed by atoms with van der Waals surface area (Å²) in [7, 11) is 0. The smallest absolute Gasteiger partial charge is 0.134 e. The summed E-state index contributed by atoms with van der Waals surface area (Å²) in [4.78, 5) is 10.6. The molecule has 8 aromatic carbocycles. The van der Waals surface area contributed by atoms with Gasteiger partial charge in [-0.25, -0.2) is 0 Å². The van der Waals surface area contributed by atoms with Gasteiger partial charge in [0, 0.05) is 6.42 Å². The minimum absolute atomic E-state index is 0.214. The van der Waals surface area contributed by atoms with Gasteiger partial charge in [-0.05, 0) is 12.5 Å². The Bertz CT molecular complexity index is 1220. The van der Waals surface area contributed by atoms with E-state index in [1.165, 1.54) is 0 Å². The molecule has 0 aromatic heterocycles. The molecule has 1 heteroatoms. The molecule has 0 saturated heterocycles. The Kier molecular flexibility index (Phi) is 31.1. The fraction of sp³-hybridized carbons (Fsp3) is 0.0392. The van der Waals surface area contributed by atoms with Crippen LogP contribution in [0.25, 0.3) is 0 Å². The zero-order valence-electron chi connectivity index (χ0n) is 30.3. The Labute approximate surface area is 313 Å². The average molecular weight is 681 g/mol. The normalized spacial score (nSPS) is 8.25. The SMILES string of the molecule is CC(=O)Cc1ccccc1.c1ccccc1.c1ccccc1.c1ccccc1.c1ccccc1.c1ccccc1.c1ccccc1.c1ccccc1. The Morgan fingerprint density at radius 2 is 0.365 bits per heavy atom. The van der Waals surface area contributed by atoms with Crippen molar-refractivity contribution in [1.29, 1.82) is 0 Å². The van der Waals surface area contributed by atoms with Crippen LogP contribution < -0.4 is 0 Å². The van der Waals surface area contributed by atoms with Crippen molar-refractivity contribution in [1.82, 2.24) is 0 Å². The minimum Gasteiger partial charge on any atom is -0.300 e. The van der Waals surface area contributed by atoms with Crippen molar-refractivity contribution < 1.29 is 4.79 Å². The molecule has 0 fully saturated rings. The van der Waals surface area contributed by atoms with E-state index in [0.29, 0.717) is 6.42 Å². The van der Waals surface area contributed by atoms with Crippen LogP contribution in [-0.2, 0) is 11.2 Å². The van der Waals surface area contributed by atoms with Crippen LogP contribution in [0.2, 0.25) is 0 Å². The van der Waals surface area contributed by atoms with Crippen molar-refractivity contribution in [2.24, 2.45) is 0 Å². The molecular weight excluding hydrogens is 629 g/mol. The first-order valence-electron chi connectivity index (χ1n) is 17.3. The highest BCUT2D eigenvalue weighted by Gasteiger charge is 1.93. The minimum atomic E-state index is 0.214. The van der Waals surface area contributed by atoms with Crippen molar-refractivity contribution in [2.75, 3.05) is 0 Å². The molecule has 8 aromatic rings. The second-order valence-corrected chi connectivity index (χ2v) is 10.4. The van der Waals surface area contributed by atoms with E-state index in [4.69, 9.17) is 0 Å². The lowest BCUT2D eigenvalue weighted by Crippen LogP contribution is -1.94. The molecule has 8 rings (SSSR count). The number of hydrogen-bond donors (Lipinski definition) is 0. The molecule has 0 aliphatic rings. The third-order valence-electron chi connectivity index (χ3n) is 5.96. The first kappa shape index (κ1) is 43.5. The first-order valence-corrected chi connectivity index (χ1v) is 17.3. The Morgan fingerprint density at radius 1 is 0.250 bits per heavy atom. The lowest BCUT2D eigenvalue weighted by molar-refractivity contribution is -0.116. The fourth-order valence-electron chi connectivity index (χ4n) is 3.58. The highest BCUT2D eigenvalue weighted by atomic mass is 16.1. The highest BCUT2D eigenvalue weighted by Crippen LogP contribution is 1.99. The third kappa shape index (κ3) is 34.8. The van der Waals surface area contributed by atoms with Crippen LogP contribution in [0.1, 0.15) is 12.5 Å². The summed E-state index contributed by atoms with van der Waals surface area (Å²) in [5.74, 6) is 0.214. The van der Waals surface area contributed by atoms with Gasteiger partial charge in [-0.1, -0.05) is 285 Å². The molecular formula is C51H52O. The van der Waals surface area contributed by atoms with E-state index in [1.54, 1.807) is 6.92 Å². The largest absolute Gasteiger partial charge is 0.300 e. The maximum absolute atomic E-state index is 10.6. The quantitative estimate of drug-likeness (QED) is 0.178. The Balaban J connectivity index is 0.000000299. The molecule has 0 aliphatic heterocycles. The molecule has 0 saturated carbocycles. The van der Waals surface area contributed by atoms with E-state index in [9.17, 15) is 4.79 Å². The van der Waals surface area contributed by atoms with Gasteiger partial charge >= 0.3 is 0 Å². The van der Waals surface area contributed by atoms with Gasteiger partial charge in [0.25, 0.3) is 0 Å². The second-order valence-electron chi connectivity index (χ2n) is 10.4. The van der Waals surface area contributed by atoms with Crippen LogP contribution in [0.3, 0.4) is 0 Å². The molecule has 0 atom stereocenters. The highest BCUT2D eigenvalue weighted by molar-refractivity contribution is 5.78. The van der Waals surface area contributed by atoms with Crippen LogP contribution >= 0.6 is 0 Å². The van der Waals surface area contributed by atoms with E-state index in [2.05, 4.69) is 0 Å². The van der Waals surface area contributed by atoms with Gasteiger partial charge in [-0.15, -0.1) is 0 Å². The summed E-state index contributed by atoms with van der Waals surface area (Å²) in [6.45, 7) is 1.60. The van der Waals surface area contributed by atoms with E-state index in [0.717, 1.165) is 5.56 Å². The number of benzene rings is 8. The van der Waals surface area contributed by atoms with Crippen LogP contribution in [0.5, 0.6) is 0 Å². The predicted octanol–water partition coefficient (Wildman–Crippen LogP) is 13.6. The third-order valence-corrected chi connectivity index (χ3v) is 5.96. The van der Waals surface area contributed by atoms with Crippen LogP contribution in [0.4, 0.5) is 0 Å². The Hall–Kier alpha value is -6.57. The zero-order valence-corrected chi connectivity index (χ0v) is 30.3. The van der Waals surface area contributed by atoms with Crippen molar-refractivity contribution in [3.63, 3.8) is 0 Å². The molecule has 0 spiro atoms. The summed E-state index contributed by atoms with van der Waals surface area (Å²) in [6.07, 6.45) is 0.556. The number of Topliss-reactive ketones (excluding diaryl/α,β-unsaturated/α-hetero) is 1. The summed E-state index contributed by atoms with van der Waals surface area (Å²) >= 11 is 0. The lowest BCUT2D eigenvalue weighted by atomic mass is 10.1. The van der Waals surface area contributed by atoms with E-state index < -0.39 is 0 Å². The van der Waals surface area contributed by atoms with Crippen molar-refractivity contribution in [3.05, 3.63) is 291 Å². The number of rotatable bonds is 2. The molecule has 0 radical (unpaired) electrons. The van der Waals surface area contributed by atoms with Gasteiger partial charge in [0.2, 0.25) is 0 Å². The molecule has 0 heterocycles. The molecule has 0 bridgehead atoms. The molecule has 0 unspecified atom stereocenters. The van der Waals surface area contributed by atoms with Crippen molar-refractivity contribution >= 4 is 5.78 Å². The summed E-state index contributed by atoms with van der Waals surface area (Å²) in [5, 5.41) is 0. The molecule has 0 N–H and O–H groups in total. The Morgan fingerprint density at radius 3 is 0.481 bits per heavy atom. The maximum atomic E-state index is 10.6. The fourth-order valence-corrected chi connectivity index (χ4v) is 3.58. The van der Waals surface area contributed by atoms with Gasteiger partial charge < -0.3 is 0 Å². The van der Waals surface area contributed by atoms with E-state index in [-0.39, 0.29) is 5.78 Å². The number of carbonyl (C=O) groups is 1. The van der Waals surface area contributed by atoms with Crippen LogP contribution in [0.15, 0.2) is 285 Å². The van der Waals surface area contributed by atoms with Gasteiger partial charge in [-0.3, -0.25) is 4.79 Å². The molecule has 262 valence electrons. The number of carbonyl (C=O) groups excluding carboxylic acids is 1. The van der Waals surface area contributed by atoms with Crippen LogP contribution in [0, 0.1) is 0 Å². The average Bonchev–Trinajstić information content (AvgIpc) is 3.27. The standard InChI is InChI=1S/C9H10O.7C6H6/c1-8(10)7-9-5-3-2-4-6-9;7*1-2-4-6-5-3-1/h2-6H,7H2,1H3;7*1-6H. The molecule has 52 heavy (non-hydrogen) atoms. The van der Waals surface area contributed by atoms with Crippen molar-refractivity contribution in [3.8, 4) is 0 Å². The topological polar surface area (TPSA) is 17.1 Å². The monoisotopic (exact) mass is 680 g/mol. The predicted molar refractivity (Wildman–Crippen MR) is 226 cm³/mol.